The first-order chi connectivity index (χ1) is 5.00. The number of halogens is 1. The van der Waals surface area contributed by atoms with Gasteiger partial charge in [-0.1, -0.05) is 0 Å². The summed E-state index contributed by atoms with van der Waals surface area (Å²) in [5.41, 5.74) is 0. The maximum atomic E-state index is 10.5. The summed E-state index contributed by atoms with van der Waals surface area (Å²) < 4.78 is 30.5. The van der Waals surface area contributed by atoms with Gasteiger partial charge in [0.25, 0.3) is 10.1 Å². The summed E-state index contributed by atoms with van der Waals surface area (Å²) in [6.45, 7) is 0. The number of hydrogen-bond acceptors (Lipinski definition) is 2. The molecule has 0 amide bonds. The first-order valence-corrected chi connectivity index (χ1v) is 5.25. The van der Waals surface area contributed by atoms with Crippen molar-refractivity contribution in [1.29, 1.82) is 0 Å². The predicted octanol–water partition coefficient (Wildman–Crippen LogP) is 1.54. The smallest absolute Gasteiger partial charge is 0.282 e. The molecule has 0 spiro atoms. The van der Waals surface area contributed by atoms with Crippen LogP contribution in [0.15, 0.2) is 29.2 Å². The molecule has 0 atom stereocenters. The summed E-state index contributed by atoms with van der Waals surface area (Å²) in [6.07, 6.45) is 0. The van der Waals surface area contributed by atoms with Gasteiger partial charge in [0.15, 0.2) is 0 Å². The Morgan fingerprint density at radius 2 is 1.58 bits per heavy atom. The van der Waals surface area contributed by atoms with E-state index >= 15 is 0 Å². The maximum Gasteiger partial charge on any atom is 0.294 e. The van der Waals surface area contributed by atoms with Crippen LogP contribution in [0.25, 0.3) is 0 Å². The van der Waals surface area contributed by atoms with Crippen LogP contribution in [0.2, 0.25) is 0 Å². The fourth-order valence-electron chi connectivity index (χ4n) is 0.607. The van der Waals surface area contributed by atoms with Gasteiger partial charge in [0.2, 0.25) is 0 Å². The van der Waals surface area contributed by atoms with E-state index in [-0.39, 0.29) is 32.6 Å². The van der Waals surface area contributed by atoms with Crippen LogP contribution in [0.4, 0.5) is 0 Å². The van der Waals surface area contributed by atoms with Gasteiger partial charge in [-0.15, -0.1) is 0 Å². The Balaban J connectivity index is 0.00000121. The molecular formula is C6H5HgIO3S. The van der Waals surface area contributed by atoms with Gasteiger partial charge in [-0.2, -0.15) is 8.42 Å². The average Bonchev–Trinajstić information content (AvgIpc) is 1.86. The number of benzene rings is 1. The molecule has 0 aliphatic heterocycles. The zero-order chi connectivity index (χ0) is 8.48. The van der Waals surface area contributed by atoms with Gasteiger partial charge in [0, 0.05) is 31.2 Å². The predicted molar refractivity (Wildman–Crippen MR) is 49.0 cm³/mol. The molecular weight excluding hydrogens is 480 g/mol. The second-order valence-electron chi connectivity index (χ2n) is 1.93. The Kier molecular flexibility index (Phi) is 5.20. The van der Waals surface area contributed by atoms with E-state index in [2.05, 4.69) is 0 Å². The van der Waals surface area contributed by atoms with Crippen molar-refractivity contribution < 1.29 is 40.6 Å². The molecule has 12 heavy (non-hydrogen) atoms. The number of rotatable bonds is 1. The van der Waals surface area contributed by atoms with Crippen LogP contribution in [-0.4, -0.2) is 13.0 Å². The van der Waals surface area contributed by atoms with E-state index in [1.54, 1.807) is 12.1 Å². The SMILES string of the molecule is O=S(=O)(O)c1ccc(I)cc1.[Hg]. The fourth-order valence-corrected chi connectivity index (χ4v) is 1.45. The summed E-state index contributed by atoms with van der Waals surface area (Å²) in [7, 11) is -4.02. The molecule has 0 saturated carbocycles. The minimum absolute atomic E-state index is 0. The van der Waals surface area contributed by atoms with Crippen molar-refractivity contribution in [1.82, 2.24) is 0 Å². The average molecular weight is 485 g/mol. The quantitative estimate of drug-likeness (QED) is 0.374. The Hall–Kier alpha value is 0.795. The summed E-state index contributed by atoms with van der Waals surface area (Å²) in [6, 6.07) is 5.95. The zero-order valence-electron chi connectivity index (χ0n) is 6.07. The molecule has 1 aromatic carbocycles. The van der Waals surface area contributed by atoms with E-state index in [1.807, 2.05) is 22.6 Å². The second kappa shape index (κ2) is 4.87. The molecule has 0 fully saturated rings. The minimum atomic E-state index is -4.02. The fraction of sp³-hybridized carbons (Fsp3) is 0. The molecule has 0 saturated heterocycles. The monoisotopic (exact) mass is 486 g/mol. The second-order valence-corrected chi connectivity index (χ2v) is 4.60. The van der Waals surface area contributed by atoms with Crippen molar-refractivity contribution in [3.63, 3.8) is 0 Å². The third kappa shape index (κ3) is 3.67. The molecule has 0 aliphatic carbocycles. The van der Waals surface area contributed by atoms with Crippen molar-refractivity contribution in [2.75, 3.05) is 0 Å². The Labute approximate surface area is 105 Å². The molecule has 0 heterocycles. The Morgan fingerprint density at radius 3 is 1.92 bits per heavy atom. The summed E-state index contributed by atoms with van der Waals surface area (Å²) in [5.74, 6) is 0. The molecule has 3 nitrogen and oxygen atoms in total. The summed E-state index contributed by atoms with van der Waals surface area (Å²) >= 11 is 2.05. The van der Waals surface area contributed by atoms with Crippen molar-refractivity contribution in [2.24, 2.45) is 0 Å². The van der Waals surface area contributed by atoms with Crippen LogP contribution >= 0.6 is 22.6 Å². The Bertz CT molecular complexity index is 346. The van der Waals surface area contributed by atoms with Crippen molar-refractivity contribution in [3.05, 3.63) is 27.8 Å². The van der Waals surface area contributed by atoms with Gasteiger partial charge in [-0.3, -0.25) is 4.55 Å². The van der Waals surface area contributed by atoms with Gasteiger partial charge in [0.1, 0.15) is 0 Å². The molecule has 0 unspecified atom stereocenters. The van der Waals surface area contributed by atoms with Crippen molar-refractivity contribution in [2.45, 2.75) is 4.90 Å². The van der Waals surface area contributed by atoms with Gasteiger partial charge in [-0.25, -0.2) is 0 Å². The van der Waals surface area contributed by atoms with E-state index < -0.39 is 10.1 Å². The van der Waals surface area contributed by atoms with Crippen LogP contribution in [0.1, 0.15) is 0 Å². The van der Waals surface area contributed by atoms with Gasteiger partial charge in [0.05, 0.1) is 4.90 Å². The first kappa shape index (κ1) is 12.8. The van der Waals surface area contributed by atoms with Crippen LogP contribution < -0.4 is 0 Å². The Morgan fingerprint density at radius 1 is 1.17 bits per heavy atom. The molecule has 62 valence electrons. The van der Waals surface area contributed by atoms with Crippen LogP contribution in [0.3, 0.4) is 0 Å². The van der Waals surface area contributed by atoms with E-state index in [4.69, 9.17) is 4.55 Å². The zero-order valence-corrected chi connectivity index (χ0v) is 14.5. The molecule has 6 heteroatoms. The van der Waals surface area contributed by atoms with Gasteiger partial charge in [-0.05, 0) is 46.9 Å². The van der Waals surface area contributed by atoms with Gasteiger partial charge >= 0.3 is 0 Å². The molecule has 1 aromatic rings. The van der Waals surface area contributed by atoms with E-state index in [1.165, 1.54) is 12.1 Å². The molecule has 0 aliphatic rings. The first-order valence-electron chi connectivity index (χ1n) is 2.73. The topological polar surface area (TPSA) is 54.4 Å². The number of hydrogen-bond donors (Lipinski definition) is 1. The molecule has 1 rings (SSSR count). The van der Waals surface area contributed by atoms with E-state index in [0.29, 0.717) is 0 Å². The van der Waals surface area contributed by atoms with Gasteiger partial charge < -0.3 is 0 Å². The van der Waals surface area contributed by atoms with Crippen molar-refractivity contribution >= 4 is 32.7 Å². The minimum Gasteiger partial charge on any atom is -0.282 e. The van der Waals surface area contributed by atoms with Crippen molar-refractivity contribution in [3.8, 4) is 0 Å². The van der Waals surface area contributed by atoms with E-state index in [0.717, 1.165) is 3.57 Å². The van der Waals surface area contributed by atoms with Crippen LogP contribution in [0.5, 0.6) is 0 Å². The van der Waals surface area contributed by atoms with Crippen LogP contribution in [0, 0.1) is 3.57 Å². The third-order valence-corrected chi connectivity index (χ3v) is 2.70. The molecule has 0 bridgehead atoms. The van der Waals surface area contributed by atoms with E-state index in [9.17, 15) is 8.42 Å². The largest absolute Gasteiger partial charge is 0.294 e. The summed E-state index contributed by atoms with van der Waals surface area (Å²) in [4.78, 5) is -0.0714. The molecule has 1 N–H and O–H groups in total. The summed E-state index contributed by atoms with van der Waals surface area (Å²) in [5, 5.41) is 0. The van der Waals surface area contributed by atoms with Crippen LogP contribution in [-0.2, 0) is 37.8 Å². The molecule has 0 aromatic heterocycles. The third-order valence-electron chi connectivity index (χ3n) is 1.11. The standard InChI is InChI=1S/C6H5IO3S.Hg/c7-5-1-3-6(4-2-5)11(8,9)10;/h1-4H,(H,8,9,10);. The normalized spacial score (nSPS) is 10.5. The molecule has 0 radical (unpaired) electrons. The maximum absolute atomic E-state index is 10.5.